The number of pyridine rings is 1. The van der Waals surface area contributed by atoms with Crippen molar-refractivity contribution in [3.63, 3.8) is 0 Å². The minimum atomic E-state index is 0.700. The molecule has 0 N–H and O–H groups in total. The maximum atomic E-state index is 4.64. The lowest BCUT2D eigenvalue weighted by atomic mass is 10.1. The zero-order valence-corrected chi connectivity index (χ0v) is 11.8. The highest BCUT2D eigenvalue weighted by atomic mass is 15.2. The van der Waals surface area contributed by atoms with Crippen LogP contribution in [0.3, 0.4) is 0 Å². The predicted octanol–water partition coefficient (Wildman–Crippen LogP) is 2.91. The Morgan fingerprint density at radius 3 is 2.95 bits per heavy atom. The fourth-order valence-corrected chi connectivity index (χ4v) is 3.66. The molecule has 2 aliphatic heterocycles. The summed E-state index contributed by atoms with van der Waals surface area (Å²) >= 11 is 0. The van der Waals surface area contributed by atoms with Gasteiger partial charge in [0, 0.05) is 31.1 Å². The zero-order chi connectivity index (χ0) is 13.4. The fraction of sp³-hybridized carbons (Fsp3) is 0.471. The summed E-state index contributed by atoms with van der Waals surface area (Å²) in [7, 11) is 0. The molecule has 1 aromatic heterocycles. The average molecular weight is 267 g/mol. The molecule has 3 nitrogen and oxygen atoms in total. The van der Waals surface area contributed by atoms with Crippen LogP contribution in [0.25, 0.3) is 10.9 Å². The van der Waals surface area contributed by atoms with Crippen LogP contribution in [0.4, 0.5) is 5.69 Å². The summed E-state index contributed by atoms with van der Waals surface area (Å²) in [5, 5.41) is 1.25. The number of fused-ring (bicyclic) bond motifs is 4. The molecular formula is C17H21N3. The minimum absolute atomic E-state index is 0.700. The second kappa shape index (κ2) is 5.06. The molecule has 0 saturated carbocycles. The molecule has 20 heavy (non-hydrogen) atoms. The molecule has 2 atom stereocenters. The molecule has 0 spiro atoms. The van der Waals surface area contributed by atoms with E-state index in [2.05, 4.69) is 51.3 Å². The molecule has 104 valence electrons. The second-order valence-corrected chi connectivity index (χ2v) is 6.01. The van der Waals surface area contributed by atoms with Gasteiger partial charge in [0.05, 0.1) is 17.4 Å². The molecule has 2 bridgehead atoms. The predicted molar refractivity (Wildman–Crippen MR) is 83.2 cm³/mol. The van der Waals surface area contributed by atoms with E-state index in [1.54, 1.807) is 0 Å². The van der Waals surface area contributed by atoms with Gasteiger partial charge in [0.2, 0.25) is 0 Å². The fourth-order valence-electron chi connectivity index (χ4n) is 3.66. The monoisotopic (exact) mass is 267 g/mol. The van der Waals surface area contributed by atoms with E-state index in [-0.39, 0.29) is 0 Å². The summed E-state index contributed by atoms with van der Waals surface area (Å²) in [5.74, 6) is 0. The molecule has 1 aromatic carbocycles. The van der Waals surface area contributed by atoms with E-state index < -0.39 is 0 Å². The molecule has 3 heteroatoms. The maximum Gasteiger partial charge on any atom is 0.0703 e. The van der Waals surface area contributed by atoms with Crippen LogP contribution in [0.15, 0.2) is 36.5 Å². The van der Waals surface area contributed by atoms with E-state index in [0.717, 1.165) is 12.1 Å². The Labute approximate surface area is 120 Å². The highest BCUT2D eigenvalue weighted by Gasteiger charge is 2.27. The number of nitrogens with zero attached hydrogens (tertiary/aromatic N) is 3. The quantitative estimate of drug-likeness (QED) is 0.792. The summed E-state index contributed by atoms with van der Waals surface area (Å²) in [4.78, 5) is 9.85. The number of hydrogen-bond donors (Lipinski definition) is 0. The number of anilines is 1. The van der Waals surface area contributed by atoms with Crippen molar-refractivity contribution in [3.8, 4) is 0 Å². The lowest BCUT2D eigenvalue weighted by Crippen LogP contribution is -2.39. The lowest BCUT2D eigenvalue weighted by Gasteiger charge is -2.33. The lowest BCUT2D eigenvalue weighted by molar-refractivity contribution is 0.298. The van der Waals surface area contributed by atoms with Gasteiger partial charge in [-0.2, -0.15) is 0 Å². The number of rotatable bonds is 1. The van der Waals surface area contributed by atoms with Gasteiger partial charge in [-0.3, -0.25) is 4.98 Å². The van der Waals surface area contributed by atoms with Gasteiger partial charge in [-0.05, 0) is 37.9 Å². The van der Waals surface area contributed by atoms with Gasteiger partial charge >= 0.3 is 0 Å². The minimum Gasteiger partial charge on any atom is -0.366 e. The Bertz CT molecular complexity index is 610. The van der Waals surface area contributed by atoms with E-state index in [1.165, 1.54) is 50.0 Å². The Balaban J connectivity index is 1.70. The van der Waals surface area contributed by atoms with Crippen LogP contribution in [-0.4, -0.2) is 42.1 Å². The molecule has 2 aliphatic rings. The molecule has 0 aliphatic carbocycles. The van der Waals surface area contributed by atoms with Crippen molar-refractivity contribution < 1.29 is 0 Å². The molecule has 2 unspecified atom stereocenters. The van der Waals surface area contributed by atoms with Crippen LogP contribution in [0.2, 0.25) is 0 Å². The second-order valence-electron chi connectivity index (χ2n) is 6.01. The molecule has 2 aromatic rings. The normalized spacial score (nSPS) is 26.5. The van der Waals surface area contributed by atoms with E-state index in [1.807, 2.05) is 0 Å². The Morgan fingerprint density at radius 2 is 1.95 bits per heavy atom. The molecule has 2 fully saturated rings. The van der Waals surface area contributed by atoms with Gasteiger partial charge in [0.25, 0.3) is 0 Å². The molecule has 0 amide bonds. The third-order valence-corrected chi connectivity index (χ3v) is 4.80. The summed E-state index contributed by atoms with van der Waals surface area (Å²) in [5.41, 5.74) is 2.40. The first-order valence-electron chi connectivity index (χ1n) is 7.74. The first kappa shape index (κ1) is 12.2. The van der Waals surface area contributed by atoms with Gasteiger partial charge in [0.15, 0.2) is 0 Å². The SMILES string of the molecule is c1ccc2ncc(N3CCN4CCCC3CC4)cc2c1. The summed E-state index contributed by atoms with van der Waals surface area (Å²) in [6.45, 7) is 4.90. The molecule has 4 rings (SSSR count). The van der Waals surface area contributed by atoms with E-state index in [9.17, 15) is 0 Å². The number of aromatic nitrogens is 1. The van der Waals surface area contributed by atoms with Crippen molar-refractivity contribution in [1.82, 2.24) is 9.88 Å². The van der Waals surface area contributed by atoms with Gasteiger partial charge < -0.3 is 9.80 Å². The van der Waals surface area contributed by atoms with Gasteiger partial charge in [-0.1, -0.05) is 18.2 Å². The van der Waals surface area contributed by atoms with E-state index in [0.29, 0.717) is 6.04 Å². The molecule has 3 heterocycles. The van der Waals surface area contributed by atoms with Gasteiger partial charge in [-0.15, -0.1) is 0 Å². The van der Waals surface area contributed by atoms with Crippen molar-refractivity contribution in [2.45, 2.75) is 25.3 Å². The van der Waals surface area contributed by atoms with E-state index >= 15 is 0 Å². The molecule has 2 saturated heterocycles. The van der Waals surface area contributed by atoms with Gasteiger partial charge in [-0.25, -0.2) is 0 Å². The average Bonchev–Trinajstić information content (AvgIpc) is 2.82. The zero-order valence-electron chi connectivity index (χ0n) is 11.8. The Hall–Kier alpha value is -1.61. The third kappa shape index (κ3) is 2.16. The Kier molecular flexibility index (Phi) is 3.07. The standard InChI is InChI=1S/C17H21N3/c1-2-6-17-14(4-1)12-16(13-18-17)20-11-10-19-8-3-5-15(20)7-9-19/h1-2,4,6,12-13,15H,3,5,7-11H2. The van der Waals surface area contributed by atoms with Crippen molar-refractivity contribution in [2.24, 2.45) is 0 Å². The number of hydrogen-bond acceptors (Lipinski definition) is 3. The first-order valence-corrected chi connectivity index (χ1v) is 7.74. The Morgan fingerprint density at radius 1 is 1.00 bits per heavy atom. The highest BCUT2D eigenvalue weighted by molar-refractivity contribution is 5.81. The van der Waals surface area contributed by atoms with Crippen molar-refractivity contribution in [3.05, 3.63) is 36.5 Å². The summed E-state index contributed by atoms with van der Waals surface area (Å²) in [6, 6.07) is 11.4. The van der Waals surface area contributed by atoms with Gasteiger partial charge in [0.1, 0.15) is 0 Å². The van der Waals surface area contributed by atoms with Crippen LogP contribution < -0.4 is 4.90 Å². The highest BCUT2D eigenvalue weighted by Crippen LogP contribution is 2.27. The third-order valence-electron chi connectivity index (χ3n) is 4.80. The smallest absolute Gasteiger partial charge is 0.0703 e. The molecular weight excluding hydrogens is 246 g/mol. The van der Waals surface area contributed by atoms with E-state index in [4.69, 9.17) is 0 Å². The van der Waals surface area contributed by atoms with Crippen LogP contribution in [0, 0.1) is 0 Å². The van der Waals surface area contributed by atoms with Crippen LogP contribution in [0.5, 0.6) is 0 Å². The first-order chi connectivity index (χ1) is 9.90. The number of benzene rings is 1. The molecule has 0 radical (unpaired) electrons. The van der Waals surface area contributed by atoms with Crippen molar-refractivity contribution in [1.29, 1.82) is 0 Å². The summed E-state index contributed by atoms with van der Waals surface area (Å²) < 4.78 is 0. The maximum absolute atomic E-state index is 4.64. The van der Waals surface area contributed by atoms with Crippen molar-refractivity contribution in [2.75, 3.05) is 31.1 Å². The van der Waals surface area contributed by atoms with Crippen LogP contribution >= 0.6 is 0 Å². The number of para-hydroxylation sites is 1. The summed E-state index contributed by atoms with van der Waals surface area (Å²) in [6.07, 6.45) is 6.02. The largest absolute Gasteiger partial charge is 0.366 e. The topological polar surface area (TPSA) is 19.4 Å². The van der Waals surface area contributed by atoms with Crippen LogP contribution in [-0.2, 0) is 0 Å². The van der Waals surface area contributed by atoms with Crippen molar-refractivity contribution >= 4 is 16.6 Å². The van der Waals surface area contributed by atoms with Crippen LogP contribution in [0.1, 0.15) is 19.3 Å².